The first-order chi connectivity index (χ1) is 8.29. The Hall–Kier alpha value is -1.67. The molecule has 1 aromatic heterocycles. The van der Waals surface area contributed by atoms with Gasteiger partial charge in [0, 0.05) is 13.6 Å². The van der Waals surface area contributed by atoms with E-state index in [1.54, 1.807) is 6.20 Å². The molecule has 1 N–H and O–H groups in total. The number of piperidine rings is 1. The van der Waals surface area contributed by atoms with Crippen LogP contribution in [0.3, 0.4) is 0 Å². The monoisotopic (exact) mass is 231 g/mol. The lowest BCUT2D eigenvalue weighted by Crippen LogP contribution is -2.34. The van der Waals surface area contributed by atoms with Crippen LogP contribution in [0.15, 0.2) is 12.4 Å². The maximum Gasteiger partial charge on any atom is 0.158 e. The molecule has 1 saturated heterocycles. The number of aromatic nitrogens is 2. The number of rotatable bonds is 3. The van der Waals surface area contributed by atoms with Crippen LogP contribution >= 0.6 is 0 Å². The molecule has 90 valence electrons. The van der Waals surface area contributed by atoms with Gasteiger partial charge in [-0.25, -0.2) is 9.97 Å². The second-order valence-corrected chi connectivity index (χ2v) is 4.45. The van der Waals surface area contributed by atoms with Crippen molar-refractivity contribution in [3.05, 3.63) is 18.1 Å². The largest absolute Gasteiger partial charge is 0.358 e. The molecule has 0 bridgehead atoms. The third-order valence-corrected chi connectivity index (χ3v) is 3.13. The third kappa shape index (κ3) is 3.14. The molecule has 17 heavy (non-hydrogen) atoms. The first-order valence-electron chi connectivity index (χ1n) is 5.93. The molecule has 5 nitrogen and oxygen atoms in total. The Labute approximate surface area is 101 Å². The predicted octanol–water partition coefficient (Wildman–Crippen LogP) is 0.784. The van der Waals surface area contributed by atoms with Crippen molar-refractivity contribution in [3.63, 3.8) is 0 Å². The summed E-state index contributed by atoms with van der Waals surface area (Å²) < 4.78 is 0. The van der Waals surface area contributed by atoms with E-state index in [4.69, 9.17) is 5.26 Å². The number of anilines is 1. The SMILES string of the molecule is CN(CC1CCNCC1)c1cnc(C#N)cn1. The molecule has 1 aliphatic rings. The molecule has 0 spiro atoms. The highest BCUT2D eigenvalue weighted by atomic mass is 15.2. The minimum absolute atomic E-state index is 0.365. The molecule has 0 radical (unpaired) electrons. The van der Waals surface area contributed by atoms with Gasteiger partial charge in [0.25, 0.3) is 0 Å². The Morgan fingerprint density at radius 1 is 1.41 bits per heavy atom. The molecule has 0 aromatic carbocycles. The van der Waals surface area contributed by atoms with Crippen molar-refractivity contribution < 1.29 is 0 Å². The molecule has 0 unspecified atom stereocenters. The van der Waals surface area contributed by atoms with Crippen LogP contribution in [0.25, 0.3) is 0 Å². The van der Waals surface area contributed by atoms with Gasteiger partial charge in [-0.3, -0.25) is 0 Å². The third-order valence-electron chi connectivity index (χ3n) is 3.13. The average Bonchev–Trinajstić information content (AvgIpc) is 2.40. The van der Waals surface area contributed by atoms with Crippen LogP contribution in [0.5, 0.6) is 0 Å². The zero-order valence-electron chi connectivity index (χ0n) is 10.1. The van der Waals surface area contributed by atoms with Gasteiger partial charge in [-0.1, -0.05) is 0 Å². The van der Waals surface area contributed by atoms with Crippen LogP contribution in [0.2, 0.25) is 0 Å². The van der Waals surface area contributed by atoms with Crippen molar-refractivity contribution in [3.8, 4) is 6.07 Å². The van der Waals surface area contributed by atoms with Gasteiger partial charge >= 0.3 is 0 Å². The minimum Gasteiger partial charge on any atom is -0.358 e. The second kappa shape index (κ2) is 5.60. The van der Waals surface area contributed by atoms with Gasteiger partial charge in [0.2, 0.25) is 0 Å². The van der Waals surface area contributed by atoms with Gasteiger partial charge in [-0.05, 0) is 31.8 Å². The summed E-state index contributed by atoms with van der Waals surface area (Å²) in [5.41, 5.74) is 0.365. The fourth-order valence-electron chi connectivity index (χ4n) is 2.12. The zero-order chi connectivity index (χ0) is 12.1. The van der Waals surface area contributed by atoms with Crippen LogP contribution in [-0.2, 0) is 0 Å². The maximum atomic E-state index is 8.66. The van der Waals surface area contributed by atoms with Crippen LogP contribution in [-0.4, -0.2) is 36.6 Å². The molecule has 1 fully saturated rings. The van der Waals surface area contributed by atoms with Crippen molar-refractivity contribution in [2.45, 2.75) is 12.8 Å². The van der Waals surface area contributed by atoms with Crippen molar-refractivity contribution in [1.29, 1.82) is 5.26 Å². The van der Waals surface area contributed by atoms with E-state index in [0.29, 0.717) is 5.69 Å². The summed E-state index contributed by atoms with van der Waals surface area (Å²) in [7, 11) is 2.03. The molecular formula is C12H17N5. The van der Waals surface area contributed by atoms with Crippen molar-refractivity contribution in [2.75, 3.05) is 31.6 Å². The highest BCUT2D eigenvalue weighted by Gasteiger charge is 2.15. The van der Waals surface area contributed by atoms with Crippen LogP contribution in [0, 0.1) is 17.2 Å². The Bertz CT molecular complexity index is 388. The number of hydrogen-bond acceptors (Lipinski definition) is 5. The topological polar surface area (TPSA) is 64.8 Å². The highest BCUT2D eigenvalue weighted by molar-refractivity contribution is 5.36. The van der Waals surface area contributed by atoms with E-state index < -0.39 is 0 Å². The maximum absolute atomic E-state index is 8.66. The van der Waals surface area contributed by atoms with E-state index in [1.807, 2.05) is 13.1 Å². The lowest BCUT2D eigenvalue weighted by molar-refractivity contribution is 0.377. The number of nitrogens with zero attached hydrogens (tertiary/aromatic N) is 4. The quantitative estimate of drug-likeness (QED) is 0.833. The highest BCUT2D eigenvalue weighted by Crippen LogP contribution is 2.16. The normalized spacial score (nSPS) is 16.5. The summed E-state index contributed by atoms with van der Waals surface area (Å²) in [5.74, 6) is 1.56. The summed E-state index contributed by atoms with van der Waals surface area (Å²) in [4.78, 5) is 10.4. The van der Waals surface area contributed by atoms with Gasteiger partial charge in [-0.15, -0.1) is 0 Å². The van der Waals surface area contributed by atoms with E-state index in [9.17, 15) is 0 Å². The Balaban J connectivity index is 1.94. The molecule has 5 heteroatoms. The molecule has 0 amide bonds. The first kappa shape index (κ1) is 11.8. The first-order valence-corrected chi connectivity index (χ1v) is 5.93. The fraction of sp³-hybridized carbons (Fsp3) is 0.583. The molecule has 0 atom stereocenters. The fourth-order valence-corrected chi connectivity index (χ4v) is 2.12. The summed E-state index contributed by atoms with van der Waals surface area (Å²) in [6, 6.07) is 1.97. The summed E-state index contributed by atoms with van der Waals surface area (Å²) in [6.07, 6.45) is 5.62. The Morgan fingerprint density at radius 2 is 2.18 bits per heavy atom. The van der Waals surface area contributed by atoms with Gasteiger partial charge < -0.3 is 10.2 Å². The lowest BCUT2D eigenvalue weighted by Gasteiger charge is -2.27. The van der Waals surface area contributed by atoms with E-state index in [2.05, 4.69) is 20.2 Å². The number of nitriles is 1. The zero-order valence-corrected chi connectivity index (χ0v) is 10.1. The minimum atomic E-state index is 0.365. The van der Waals surface area contributed by atoms with Gasteiger partial charge in [0.1, 0.15) is 11.9 Å². The Morgan fingerprint density at radius 3 is 2.76 bits per heavy atom. The second-order valence-electron chi connectivity index (χ2n) is 4.45. The van der Waals surface area contributed by atoms with E-state index in [1.165, 1.54) is 19.0 Å². The Kier molecular flexibility index (Phi) is 3.89. The average molecular weight is 231 g/mol. The molecule has 1 aliphatic heterocycles. The smallest absolute Gasteiger partial charge is 0.158 e. The molecule has 0 saturated carbocycles. The van der Waals surface area contributed by atoms with Crippen LogP contribution in [0.1, 0.15) is 18.5 Å². The standard InChI is InChI=1S/C12H17N5/c1-17(9-10-2-4-14-5-3-10)12-8-15-11(6-13)7-16-12/h7-8,10,14H,2-5,9H2,1H3. The summed E-state index contributed by atoms with van der Waals surface area (Å²) in [6.45, 7) is 3.22. The summed E-state index contributed by atoms with van der Waals surface area (Å²) in [5, 5.41) is 12.0. The van der Waals surface area contributed by atoms with Crippen LogP contribution in [0.4, 0.5) is 5.82 Å². The van der Waals surface area contributed by atoms with Crippen LogP contribution < -0.4 is 10.2 Å². The molecule has 2 heterocycles. The van der Waals surface area contributed by atoms with Crippen molar-refractivity contribution in [1.82, 2.24) is 15.3 Å². The van der Waals surface area contributed by atoms with E-state index >= 15 is 0 Å². The number of hydrogen-bond donors (Lipinski definition) is 1. The van der Waals surface area contributed by atoms with E-state index in [-0.39, 0.29) is 0 Å². The summed E-state index contributed by atoms with van der Waals surface area (Å²) >= 11 is 0. The van der Waals surface area contributed by atoms with E-state index in [0.717, 1.165) is 31.4 Å². The molecule has 2 rings (SSSR count). The predicted molar refractivity (Wildman–Crippen MR) is 65.6 cm³/mol. The molecular weight excluding hydrogens is 214 g/mol. The van der Waals surface area contributed by atoms with Crippen molar-refractivity contribution in [2.24, 2.45) is 5.92 Å². The van der Waals surface area contributed by atoms with Gasteiger partial charge in [0.15, 0.2) is 5.69 Å². The number of nitrogens with one attached hydrogen (secondary N) is 1. The van der Waals surface area contributed by atoms with Crippen molar-refractivity contribution >= 4 is 5.82 Å². The molecule has 0 aliphatic carbocycles. The molecule has 1 aromatic rings. The van der Waals surface area contributed by atoms with Gasteiger partial charge in [0.05, 0.1) is 12.4 Å². The lowest BCUT2D eigenvalue weighted by atomic mass is 9.98. The van der Waals surface area contributed by atoms with Gasteiger partial charge in [-0.2, -0.15) is 5.26 Å².